The monoisotopic (exact) mass is 170 g/mol. The van der Waals surface area contributed by atoms with E-state index in [2.05, 4.69) is 13.0 Å². The molecule has 0 aliphatic heterocycles. The number of hydrogen-bond donors (Lipinski definition) is 2. The normalized spacial score (nSPS) is 12.0. The average Bonchev–Trinajstić information content (AvgIpc) is 2.09. The summed E-state index contributed by atoms with van der Waals surface area (Å²) < 4.78 is 0. The van der Waals surface area contributed by atoms with Gasteiger partial charge in [-0.05, 0) is 32.2 Å². The lowest BCUT2D eigenvalue weighted by Crippen LogP contribution is -2.00. The molecule has 0 spiro atoms. The summed E-state index contributed by atoms with van der Waals surface area (Å²) in [5.41, 5.74) is 12.2. The van der Waals surface area contributed by atoms with Gasteiger partial charge in [-0.1, -0.05) is 25.8 Å². The van der Waals surface area contributed by atoms with E-state index >= 15 is 0 Å². The van der Waals surface area contributed by atoms with E-state index in [4.69, 9.17) is 11.5 Å². The first-order chi connectivity index (χ1) is 5.81. The summed E-state index contributed by atoms with van der Waals surface area (Å²) in [4.78, 5) is 0. The van der Waals surface area contributed by atoms with E-state index in [9.17, 15) is 0 Å². The van der Waals surface area contributed by atoms with Crippen molar-refractivity contribution in [1.29, 1.82) is 0 Å². The van der Waals surface area contributed by atoms with Crippen molar-refractivity contribution < 1.29 is 0 Å². The number of hydrogen-bond acceptors (Lipinski definition) is 2. The van der Waals surface area contributed by atoms with Crippen LogP contribution in [0.2, 0.25) is 0 Å². The lowest BCUT2D eigenvalue weighted by molar-refractivity contribution is 0.679. The van der Waals surface area contributed by atoms with Crippen molar-refractivity contribution in [2.75, 3.05) is 6.54 Å². The van der Waals surface area contributed by atoms with Gasteiger partial charge in [-0.25, -0.2) is 0 Å². The maximum atomic E-state index is 5.77. The van der Waals surface area contributed by atoms with E-state index in [1.165, 1.54) is 19.3 Å². The molecule has 0 amide bonds. The molecule has 0 aromatic rings. The van der Waals surface area contributed by atoms with Gasteiger partial charge < -0.3 is 11.5 Å². The minimum absolute atomic E-state index is 0.804. The smallest absolute Gasteiger partial charge is 0.00399 e. The van der Waals surface area contributed by atoms with Crippen LogP contribution in [0.3, 0.4) is 0 Å². The molecule has 0 aromatic carbocycles. The van der Waals surface area contributed by atoms with Crippen LogP contribution in [0, 0.1) is 0 Å². The first-order valence-corrected chi connectivity index (χ1v) is 4.95. The van der Waals surface area contributed by atoms with Gasteiger partial charge >= 0.3 is 0 Å². The standard InChI is InChI=1S/C10H22N2/c1-2-3-7-10(12)8-5-4-6-9-11/h7H,2-6,8-9,11-12H2,1H3. The van der Waals surface area contributed by atoms with E-state index in [1.807, 2.05) is 0 Å². The van der Waals surface area contributed by atoms with Crippen LogP contribution in [0.25, 0.3) is 0 Å². The van der Waals surface area contributed by atoms with E-state index in [0.717, 1.165) is 31.5 Å². The zero-order chi connectivity index (χ0) is 9.23. The van der Waals surface area contributed by atoms with E-state index in [-0.39, 0.29) is 0 Å². The Morgan fingerprint density at radius 1 is 1.25 bits per heavy atom. The van der Waals surface area contributed by atoms with Gasteiger partial charge in [0.2, 0.25) is 0 Å². The van der Waals surface area contributed by atoms with Gasteiger partial charge in [0.15, 0.2) is 0 Å². The molecule has 0 saturated heterocycles. The quantitative estimate of drug-likeness (QED) is 0.575. The van der Waals surface area contributed by atoms with Gasteiger partial charge in [-0.3, -0.25) is 0 Å². The first kappa shape index (κ1) is 11.5. The lowest BCUT2D eigenvalue weighted by Gasteiger charge is -2.00. The summed E-state index contributed by atoms with van der Waals surface area (Å²) in [5, 5.41) is 0. The summed E-state index contributed by atoms with van der Waals surface area (Å²) in [6, 6.07) is 0. The van der Waals surface area contributed by atoms with Crippen LogP contribution in [0.4, 0.5) is 0 Å². The Balaban J connectivity index is 3.24. The molecule has 0 aromatic heterocycles. The third-order valence-corrected chi connectivity index (χ3v) is 1.86. The SMILES string of the molecule is CCCC=C(N)CCCCCN. The Bertz CT molecular complexity index is 119. The van der Waals surface area contributed by atoms with Crippen molar-refractivity contribution >= 4 is 0 Å². The molecule has 0 bridgehead atoms. The predicted octanol–water partition coefficient (Wildman–Crippen LogP) is 2.15. The van der Waals surface area contributed by atoms with Crippen molar-refractivity contribution in [2.45, 2.75) is 45.4 Å². The molecule has 0 aliphatic carbocycles. The summed E-state index contributed by atoms with van der Waals surface area (Å²) in [7, 11) is 0. The molecule has 0 saturated carbocycles. The van der Waals surface area contributed by atoms with Crippen molar-refractivity contribution in [3.05, 3.63) is 11.8 Å². The second kappa shape index (κ2) is 8.60. The number of rotatable bonds is 7. The highest BCUT2D eigenvalue weighted by Crippen LogP contribution is 2.05. The Morgan fingerprint density at radius 3 is 2.58 bits per heavy atom. The van der Waals surface area contributed by atoms with E-state index < -0.39 is 0 Å². The zero-order valence-corrected chi connectivity index (χ0v) is 8.18. The third kappa shape index (κ3) is 7.61. The number of nitrogens with two attached hydrogens (primary N) is 2. The fraction of sp³-hybridized carbons (Fsp3) is 0.800. The van der Waals surface area contributed by atoms with E-state index in [0.29, 0.717) is 0 Å². The Morgan fingerprint density at radius 2 is 2.00 bits per heavy atom. The minimum atomic E-state index is 0.804. The van der Waals surface area contributed by atoms with Crippen molar-refractivity contribution in [2.24, 2.45) is 11.5 Å². The summed E-state index contributed by atoms with van der Waals surface area (Å²) >= 11 is 0. The maximum absolute atomic E-state index is 5.77. The lowest BCUT2D eigenvalue weighted by atomic mass is 10.1. The average molecular weight is 170 g/mol. The van der Waals surface area contributed by atoms with Crippen molar-refractivity contribution in [3.8, 4) is 0 Å². The predicted molar refractivity (Wildman–Crippen MR) is 54.7 cm³/mol. The molecular weight excluding hydrogens is 148 g/mol. The second-order valence-electron chi connectivity index (χ2n) is 3.17. The van der Waals surface area contributed by atoms with Crippen LogP contribution in [-0.2, 0) is 0 Å². The fourth-order valence-electron chi connectivity index (χ4n) is 1.08. The van der Waals surface area contributed by atoms with Crippen LogP contribution >= 0.6 is 0 Å². The largest absolute Gasteiger partial charge is 0.402 e. The summed E-state index contributed by atoms with van der Waals surface area (Å²) in [5.74, 6) is 0. The molecule has 0 atom stereocenters. The van der Waals surface area contributed by atoms with Gasteiger partial charge in [0.1, 0.15) is 0 Å². The van der Waals surface area contributed by atoms with Gasteiger partial charge in [-0.2, -0.15) is 0 Å². The van der Waals surface area contributed by atoms with Crippen LogP contribution in [0.5, 0.6) is 0 Å². The number of allylic oxidation sites excluding steroid dienone is 2. The zero-order valence-electron chi connectivity index (χ0n) is 8.18. The molecule has 12 heavy (non-hydrogen) atoms. The van der Waals surface area contributed by atoms with Crippen LogP contribution in [0.1, 0.15) is 45.4 Å². The molecule has 2 nitrogen and oxygen atoms in total. The molecule has 0 aliphatic rings. The second-order valence-corrected chi connectivity index (χ2v) is 3.17. The van der Waals surface area contributed by atoms with Crippen molar-refractivity contribution in [3.63, 3.8) is 0 Å². The van der Waals surface area contributed by atoms with E-state index in [1.54, 1.807) is 0 Å². The molecular formula is C10H22N2. The molecule has 4 N–H and O–H groups in total. The van der Waals surface area contributed by atoms with Gasteiger partial charge in [0, 0.05) is 5.70 Å². The maximum Gasteiger partial charge on any atom is 0.00399 e. The van der Waals surface area contributed by atoms with Crippen LogP contribution in [0.15, 0.2) is 11.8 Å². The van der Waals surface area contributed by atoms with Crippen molar-refractivity contribution in [1.82, 2.24) is 0 Å². The van der Waals surface area contributed by atoms with Crippen LogP contribution in [-0.4, -0.2) is 6.54 Å². The molecule has 0 fully saturated rings. The fourth-order valence-corrected chi connectivity index (χ4v) is 1.08. The highest BCUT2D eigenvalue weighted by atomic mass is 14.6. The molecule has 0 heterocycles. The molecule has 0 unspecified atom stereocenters. The Kier molecular flexibility index (Phi) is 8.24. The molecule has 2 heteroatoms. The van der Waals surface area contributed by atoms with Crippen LogP contribution < -0.4 is 11.5 Å². The molecule has 0 radical (unpaired) electrons. The number of unbranched alkanes of at least 4 members (excludes halogenated alkanes) is 3. The highest BCUT2D eigenvalue weighted by Gasteiger charge is 1.90. The van der Waals surface area contributed by atoms with Gasteiger partial charge in [-0.15, -0.1) is 0 Å². The minimum Gasteiger partial charge on any atom is -0.402 e. The Hall–Kier alpha value is -0.500. The highest BCUT2D eigenvalue weighted by molar-refractivity contribution is 4.95. The topological polar surface area (TPSA) is 52.0 Å². The third-order valence-electron chi connectivity index (χ3n) is 1.86. The molecule has 0 rings (SSSR count). The molecule has 72 valence electrons. The van der Waals surface area contributed by atoms with Gasteiger partial charge in [0.25, 0.3) is 0 Å². The first-order valence-electron chi connectivity index (χ1n) is 4.95. The van der Waals surface area contributed by atoms with Gasteiger partial charge in [0.05, 0.1) is 0 Å². The Labute approximate surface area is 76.0 Å². The summed E-state index contributed by atoms with van der Waals surface area (Å²) in [6.45, 7) is 2.97. The summed E-state index contributed by atoms with van der Waals surface area (Å²) in [6.07, 6.45) is 9.00.